The number of nitriles is 1. The third-order valence-corrected chi connectivity index (χ3v) is 2.96. The molecule has 0 heterocycles. The van der Waals surface area contributed by atoms with Gasteiger partial charge >= 0.3 is 0 Å². The molecule has 3 rings (SSSR count). The van der Waals surface area contributed by atoms with Gasteiger partial charge in [0.05, 0.1) is 6.07 Å². The van der Waals surface area contributed by atoms with Crippen LogP contribution in [0.2, 0.25) is 0 Å². The van der Waals surface area contributed by atoms with Gasteiger partial charge in [-0.25, -0.2) is 0 Å². The van der Waals surface area contributed by atoms with Gasteiger partial charge in [-0.3, -0.25) is 0 Å². The van der Waals surface area contributed by atoms with E-state index in [4.69, 9.17) is 5.26 Å². The maximum atomic E-state index is 7.89. The van der Waals surface area contributed by atoms with Crippen molar-refractivity contribution in [3.05, 3.63) is 59.7 Å². The first-order valence-corrected chi connectivity index (χ1v) is 6.28. The molecule has 90 valence electrons. The van der Waals surface area contributed by atoms with Gasteiger partial charge in [0.1, 0.15) is 0 Å². The van der Waals surface area contributed by atoms with Crippen molar-refractivity contribution in [3.8, 4) is 17.2 Å². The normalized spacial score (nSPS) is 11.0. The van der Waals surface area contributed by atoms with Crippen LogP contribution in [0.15, 0.2) is 48.5 Å². The number of nitrogens with zero attached hydrogens (tertiary/aromatic N) is 1. The molecule has 0 radical (unpaired) electrons. The molecule has 18 heavy (non-hydrogen) atoms. The van der Waals surface area contributed by atoms with Crippen LogP contribution in [-0.2, 0) is 6.42 Å². The largest absolute Gasteiger partial charge is 0.198 e. The maximum Gasteiger partial charge on any atom is 0.0649 e. The second kappa shape index (κ2) is 5.51. The molecule has 0 aromatic heterocycles. The van der Waals surface area contributed by atoms with E-state index in [0.29, 0.717) is 0 Å². The highest BCUT2D eigenvalue weighted by Crippen LogP contribution is 2.35. The predicted molar refractivity (Wildman–Crippen MR) is 75.1 cm³/mol. The quantitative estimate of drug-likeness (QED) is 0.565. The van der Waals surface area contributed by atoms with Gasteiger partial charge in [-0.05, 0) is 42.5 Å². The predicted octanol–water partition coefficient (Wildman–Crippen LogP) is 4.42. The Bertz CT molecular complexity index is 533. The summed E-state index contributed by atoms with van der Waals surface area (Å²) in [5.74, 6) is 0.190. The van der Waals surface area contributed by atoms with E-state index in [9.17, 15) is 0 Å². The molecule has 0 atom stereocenters. The number of hydrogen-bond donors (Lipinski definition) is 0. The summed E-state index contributed by atoms with van der Waals surface area (Å²) < 4.78 is 0. The number of hydrogen-bond acceptors (Lipinski definition) is 1. The van der Waals surface area contributed by atoms with Crippen molar-refractivity contribution in [2.45, 2.75) is 20.3 Å². The van der Waals surface area contributed by atoms with Crippen LogP contribution in [0, 0.1) is 17.2 Å². The zero-order chi connectivity index (χ0) is 13.0. The molecule has 0 aliphatic heterocycles. The smallest absolute Gasteiger partial charge is 0.0649 e. The average Bonchev–Trinajstić information content (AvgIpc) is 2.78. The third-order valence-electron chi connectivity index (χ3n) is 2.96. The Balaban J connectivity index is 0.000000209. The molecule has 2 aromatic rings. The molecule has 0 fully saturated rings. The van der Waals surface area contributed by atoms with Gasteiger partial charge in [-0.2, -0.15) is 5.26 Å². The van der Waals surface area contributed by atoms with E-state index in [1.54, 1.807) is 0 Å². The lowest BCUT2D eigenvalue weighted by molar-refractivity contribution is 0.849. The molecular formula is C17H17N. The summed E-state index contributed by atoms with van der Waals surface area (Å²) in [6.07, 6.45) is 1.10. The Labute approximate surface area is 109 Å². The summed E-state index contributed by atoms with van der Waals surface area (Å²) in [6, 6.07) is 19.3. The fourth-order valence-electron chi connectivity index (χ4n) is 2.08. The monoisotopic (exact) mass is 235 g/mol. The minimum absolute atomic E-state index is 0.190. The van der Waals surface area contributed by atoms with Crippen LogP contribution >= 0.6 is 0 Å². The Kier molecular flexibility index (Phi) is 3.79. The highest BCUT2D eigenvalue weighted by molar-refractivity contribution is 5.76. The molecule has 0 saturated carbocycles. The Morgan fingerprint density at radius 3 is 1.67 bits per heavy atom. The standard InChI is InChI=1S/C13H10.C4H7N/c1-3-7-12-10(5-1)9-11-6-2-4-8-13(11)12;1-4(2)3-5/h1-8H,9H2;4H,1-2H3. The summed E-state index contributed by atoms with van der Waals surface area (Å²) in [5, 5.41) is 7.89. The van der Waals surface area contributed by atoms with Crippen molar-refractivity contribution in [1.29, 1.82) is 5.26 Å². The lowest BCUT2D eigenvalue weighted by Gasteiger charge is -1.98. The molecule has 0 spiro atoms. The first-order chi connectivity index (χ1) is 8.72. The van der Waals surface area contributed by atoms with E-state index < -0.39 is 0 Å². The number of rotatable bonds is 0. The van der Waals surface area contributed by atoms with Gasteiger partial charge < -0.3 is 0 Å². The molecule has 0 amide bonds. The first-order valence-electron chi connectivity index (χ1n) is 6.28. The van der Waals surface area contributed by atoms with E-state index in [2.05, 4.69) is 48.5 Å². The lowest BCUT2D eigenvalue weighted by atomic mass is 10.1. The van der Waals surface area contributed by atoms with Gasteiger partial charge in [-0.1, -0.05) is 48.5 Å². The van der Waals surface area contributed by atoms with E-state index in [0.717, 1.165) is 6.42 Å². The van der Waals surface area contributed by atoms with Crippen molar-refractivity contribution in [2.24, 2.45) is 5.92 Å². The molecule has 1 nitrogen and oxygen atoms in total. The van der Waals surface area contributed by atoms with Crippen molar-refractivity contribution in [1.82, 2.24) is 0 Å². The van der Waals surface area contributed by atoms with Crippen LogP contribution in [0.3, 0.4) is 0 Å². The van der Waals surface area contributed by atoms with Crippen LogP contribution in [0.25, 0.3) is 11.1 Å². The van der Waals surface area contributed by atoms with E-state index in [1.165, 1.54) is 22.3 Å². The van der Waals surface area contributed by atoms with Crippen molar-refractivity contribution in [3.63, 3.8) is 0 Å². The fraction of sp³-hybridized carbons (Fsp3) is 0.235. The SMILES string of the molecule is CC(C)C#N.c1ccc2c(c1)Cc1ccccc1-2. The van der Waals surface area contributed by atoms with Crippen LogP contribution in [0.1, 0.15) is 25.0 Å². The average molecular weight is 235 g/mol. The maximum absolute atomic E-state index is 7.89. The number of fused-ring (bicyclic) bond motifs is 3. The highest BCUT2D eigenvalue weighted by Gasteiger charge is 2.15. The van der Waals surface area contributed by atoms with Crippen LogP contribution in [0.4, 0.5) is 0 Å². The molecule has 0 N–H and O–H groups in total. The number of benzene rings is 2. The Hall–Kier alpha value is -2.07. The summed E-state index contributed by atoms with van der Waals surface area (Å²) in [5.41, 5.74) is 5.75. The molecule has 1 aliphatic rings. The van der Waals surface area contributed by atoms with Gasteiger partial charge in [0.2, 0.25) is 0 Å². The molecule has 0 saturated heterocycles. The molecular weight excluding hydrogens is 218 g/mol. The zero-order valence-electron chi connectivity index (χ0n) is 10.9. The molecule has 0 bridgehead atoms. The van der Waals surface area contributed by atoms with Gasteiger partial charge in [-0.15, -0.1) is 0 Å². The van der Waals surface area contributed by atoms with Crippen LogP contribution in [-0.4, -0.2) is 0 Å². The van der Waals surface area contributed by atoms with Gasteiger partial charge in [0.15, 0.2) is 0 Å². The fourth-order valence-corrected chi connectivity index (χ4v) is 2.08. The highest BCUT2D eigenvalue weighted by atomic mass is 14.2. The minimum atomic E-state index is 0.190. The zero-order valence-corrected chi connectivity index (χ0v) is 10.9. The van der Waals surface area contributed by atoms with Crippen LogP contribution < -0.4 is 0 Å². The summed E-state index contributed by atoms with van der Waals surface area (Å²) in [7, 11) is 0. The van der Waals surface area contributed by atoms with E-state index >= 15 is 0 Å². The van der Waals surface area contributed by atoms with Gasteiger partial charge in [0.25, 0.3) is 0 Å². The second-order valence-corrected chi connectivity index (χ2v) is 4.77. The lowest BCUT2D eigenvalue weighted by Crippen LogP contribution is -1.77. The third kappa shape index (κ3) is 2.60. The molecule has 1 aliphatic carbocycles. The topological polar surface area (TPSA) is 23.8 Å². The van der Waals surface area contributed by atoms with Crippen molar-refractivity contribution < 1.29 is 0 Å². The first kappa shape index (κ1) is 12.4. The van der Waals surface area contributed by atoms with Crippen molar-refractivity contribution >= 4 is 0 Å². The summed E-state index contributed by atoms with van der Waals surface area (Å²) in [4.78, 5) is 0. The second-order valence-electron chi connectivity index (χ2n) is 4.77. The van der Waals surface area contributed by atoms with E-state index in [-0.39, 0.29) is 5.92 Å². The summed E-state index contributed by atoms with van der Waals surface area (Å²) >= 11 is 0. The summed E-state index contributed by atoms with van der Waals surface area (Å²) in [6.45, 7) is 3.72. The van der Waals surface area contributed by atoms with Crippen molar-refractivity contribution in [2.75, 3.05) is 0 Å². The Morgan fingerprint density at radius 2 is 1.28 bits per heavy atom. The van der Waals surface area contributed by atoms with Crippen LogP contribution in [0.5, 0.6) is 0 Å². The Morgan fingerprint density at radius 1 is 0.889 bits per heavy atom. The molecule has 2 aromatic carbocycles. The minimum Gasteiger partial charge on any atom is -0.198 e. The molecule has 0 unspecified atom stereocenters. The van der Waals surface area contributed by atoms with E-state index in [1.807, 2.05) is 19.9 Å². The van der Waals surface area contributed by atoms with Gasteiger partial charge in [0, 0.05) is 5.92 Å². The molecule has 1 heteroatoms.